The number of fused-ring (bicyclic) bond motifs is 1. The molecule has 1 aromatic carbocycles. The van der Waals surface area contributed by atoms with Crippen LogP contribution in [0.3, 0.4) is 0 Å². The van der Waals surface area contributed by atoms with Crippen LogP contribution >= 0.6 is 23.2 Å². The summed E-state index contributed by atoms with van der Waals surface area (Å²) in [4.78, 5) is 21.0. The van der Waals surface area contributed by atoms with Crippen molar-refractivity contribution in [1.82, 2.24) is 19.7 Å². The van der Waals surface area contributed by atoms with Gasteiger partial charge in [-0.3, -0.25) is 14.2 Å². The molecule has 5 nitrogen and oxygen atoms in total. The molecule has 0 fully saturated rings. The van der Waals surface area contributed by atoms with E-state index in [-0.39, 0.29) is 17.8 Å². The van der Waals surface area contributed by atoms with Gasteiger partial charge in [0.15, 0.2) is 0 Å². The second-order valence-electron chi connectivity index (χ2n) is 5.37. The van der Waals surface area contributed by atoms with Crippen LogP contribution in [0.5, 0.6) is 0 Å². The molecule has 0 aliphatic rings. The smallest absolute Gasteiger partial charge is 0.287 e. The van der Waals surface area contributed by atoms with Crippen molar-refractivity contribution in [2.24, 2.45) is 0 Å². The maximum absolute atomic E-state index is 12.4. The quantitative estimate of drug-likeness (QED) is 0.782. The molecule has 3 aromatic rings. The van der Waals surface area contributed by atoms with Gasteiger partial charge in [0.2, 0.25) is 5.82 Å². The van der Waals surface area contributed by atoms with Crippen LogP contribution in [0.1, 0.15) is 24.5 Å². The Morgan fingerprint density at radius 1 is 1.30 bits per heavy atom. The molecule has 0 spiro atoms. The van der Waals surface area contributed by atoms with E-state index in [1.54, 1.807) is 41.2 Å². The van der Waals surface area contributed by atoms with E-state index in [1.807, 2.05) is 13.8 Å². The van der Waals surface area contributed by atoms with E-state index in [9.17, 15) is 4.79 Å². The Morgan fingerprint density at radius 2 is 2.09 bits per heavy atom. The molecule has 0 saturated heterocycles. The van der Waals surface area contributed by atoms with Gasteiger partial charge in [0.25, 0.3) is 5.91 Å². The minimum absolute atomic E-state index is 0.0132. The van der Waals surface area contributed by atoms with Crippen molar-refractivity contribution in [3.8, 4) is 11.3 Å². The molecule has 1 N–H and O–H groups in total. The molecule has 7 heteroatoms. The van der Waals surface area contributed by atoms with E-state index in [4.69, 9.17) is 23.2 Å². The first kappa shape index (κ1) is 15.8. The number of hydrogen-bond acceptors (Lipinski definition) is 3. The van der Waals surface area contributed by atoms with Crippen LogP contribution in [0.15, 0.2) is 36.8 Å². The zero-order valence-electron chi connectivity index (χ0n) is 12.5. The highest BCUT2D eigenvalue weighted by molar-refractivity contribution is 6.36. The molecule has 2 aromatic heterocycles. The maximum atomic E-state index is 12.4. The third kappa shape index (κ3) is 3.02. The highest BCUT2D eigenvalue weighted by Gasteiger charge is 2.20. The van der Waals surface area contributed by atoms with Gasteiger partial charge in [0.1, 0.15) is 5.69 Å². The lowest BCUT2D eigenvalue weighted by molar-refractivity contribution is 0.0932. The summed E-state index contributed by atoms with van der Waals surface area (Å²) in [5.74, 6) is 0.0367. The molecular formula is C16H14Cl2N4O. The lowest BCUT2D eigenvalue weighted by Gasteiger charge is -2.06. The predicted molar refractivity (Wildman–Crippen MR) is 91.0 cm³/mol. The third-order valence-corrected chi connectivity index (χ3v) is 3.80. The second-order valence-corrected chi connectivity index (χ2v) is 6.21. The van der Waals surface area contributed by atoms with Crippen molar-refractivity contribution >= 4 is 34.6 Å². The fourth-order valence-electron chi connectivity index (χ4n) is 2.30. The van der Waals surface area contributed by atoms with E-state index in [0.717, 1.165) is 0 Å². The SMILES string of the molecule is CC(C)NC(=O)c1nc(-c2ccc(Cl)cc2Cl)c2cnccn12. The number of hydrogen-bond donors (Lipinski definition) is 1. The average Bonchev–Trinajstić information content (AvgIpc) is 2.86. The topological polar surface area (TPSA) is 59.3 Å². The molecule has 0 unspecified atom stereocenters. The molecule has 23 heavy (non-hydrogen) atoms. The summed E-state index contributed by atoms with van der Waals surface area (Å²) < 4.78 is 1.70. The standard InChI is InChI=1S/C16H14Cl2N4O/c1-9(2)20-16(23)15-21-14(13-8-19-5-6-22(13)15)11-4-3-10(17)7-12(11)18/h3-9H,1-2H3,(H,20,23). The van der Waals surface area contributed by atoms with Crippen molar-refractivity contribution in [1.29, 1.82) is 0 Å². The number of carbonyl (C=O) groups excluding carboxylic acids is 1. The molecule has 0 atom stereocenters. The number of nitrogens with zero attached hydrogens (tertiary/aromatic N) is 3. The van der Waals surface area contributed by atoms with Crippen LogP contribution in [0.2, 0.25) is 10.0 Å². The Labute approximate surface area is 143 Å². The lowest BCUT2D eigenvalue weighted by atomic mass is 10.1. The number of amides is 1. The van der Waals surface area contributed by atoms with E-state index in [2.05, 4.69) is 15.3 Å². The van der Waals surface area contributed by atoms with Crippen LogP contribution in [0, 0.1) is 0 Å². The third-order valence-electron chi connectivity index (χ3n) is 3.26. The van der Waals surface area contributed by atoms with Gasteiger partial charge >= 0.3 is 0 Å². The highest BCUT2D eigenvalue weighted by Crippen LogP contribution is 2.32. The van der Waals surface area contributed by atoms with Gasteiger partial charge in [-0.25, -0.2) is 4.98 Å². The fraction of sp³-hybridized carbons (Fsp3) is 0.188. The first-order chi connectivity index (χ1) is 11.0. The van der Waals surface area contributed by atoms with E-state index in [1.165, 1.54) is 0 Å². The minimum atomic E-state index is -0.252. The van der Waals surface area contributed by atoms with Gasteiger partial charge in [-0.1, -0.05) is 23.2 Å². The number of benzene rings is 1. The number of aromatic nitrogens is 3. The molecule has 0 aliphatic heterocycles. The van der Waals surface area contributed by atoms with Crippen LogP contribution in [0.4, 0.5) is 0 Å². The number of carbonyl (C=O) groups is 1. The van der Waals surface area contributed by atoms with Gasteiger partial charge in [0, 0.05) is 29.0 Å². The zero-order valence-corrected chi connectivity index (χ0v) is 14.1. The molecule has 0 radical (unpaired) electrons. The van der Waals surface area contributed by atoms with Gasteiger partial charge in [-0.2, -0.15) is 0 Å². The van der Waals surface area contributed by atoms with Crippen molar-refractivity contribution < 1.29 is 4.79 Å². The molecule has 0 bridgehead atoms. The molecular weight excluding hydrogens is 335 g/mol. The molecule has 0 aliphatic carbocycles. The van der Waals surface area contributed by atoms with E-state index < -0.39 is 0 Å². The molecule has 1 amide bonds. The molecule has 0 saturated carbocycles. The van der Waals surface area contributed by atoms with Gasteiger partial charge in [0.05, 0.1) is 16.7 Å². The molecule has 2 heterocycles. The second kappa shape index (κ2) is 6.18. The van der Waals surface area contributed by atoms with E-state index in [0.29, 0.717) is 26.8 Å². The summed E-state index contributed by atoms with van der Waals surface area (Å²) in [5.41, 5.74) is 1.99. The van der Waals surface area contributed by atoms with Crippen LogP contribution in [-0.4, -0.2) is 26.3 Å². The average molecular weight is 349 g/mol. The summed E-state index contributed by atoms with van der Waals surface area (Å²) in [7, 11) is 0. The Morgan fingerprint density at radius 3 is 2.78 bits per heavy atom. The Bertz CT molecular complexity index is 889. The number of nitrogens with one attached hydrogen (secondary N) is 1. The van der Waals surface area contributed by atoms with Crippen LogP contribution in [0.25, 0.3) is 16.8 Å². The molecule has 118 valence electrons. The van der Waals surface area contributed by atoms with Crippen LogP contribution < -0.4 is 5.32 Å². The normalized spacial score (nSPS) is 11.2. The van der Waals surface area contributed by atoms with Crippen molar-refractivity contribution in [3.63, 3.8) is 0 Å². The van der Waals surface area contributed by atoms with Gasteiger partial charge in [-0.15, -0.1) is 0 Å². The summed E-state index contributed by atoms with van der Waals surface area (Å²) in [6.07, 6.45) is 4.96. The summed E-state index contributed by atoms with van der Waals surface area (Å²) >= 11 is 12.2. The summed E-state index contributed by atoms with van der Waals surface area (Å²) in [5, 5.41) is 3.85. The minimum Gasteiger partial charge on any atom is -0.347 e. The highest BCUT2D eigenvalue weighted by atomic mass is 35.5. The van der Waals surface area contributed by atoms with Crippen molar-refractivity contribution in [3.05, 3.63) is 52.7 Å². The number of halogens is 2. The number of rotatable bonds is 3. The summed E-state index contributed by atoms with van der Waals surface area (Å²) in [6.45, 7) is 3.79. The van der Waals surface area contributed by atoms with Crippen LogP contribution in [-0.2, 0) is 0 Å². The monoisotopic (exact) mass is 348 g/mol. The van der Waals surface area contributed by atoms with Gasteiger partial charge in [-0.05, 0) is 32.0 Å². The Balaban J connectivity index is 2.20. The van der Waals surface area contributed by atoms with E-state index >= 15 is 0 Å². The summed E-state index contributed by atoms with van der Waals surface area (Å²) in [6, 6.07) is 5.18. The van der Waals surface area contributed by atoms with Gasteiger partial charge < -0.3 is 5.32 Å². The number of imidazole rings is 1. The Kier molecular flexibility index (Phi) is 4.24. The van der Waals surface area contributed by atoms with Crippen molar-refractivity contribution in [2.75, 3.05) is 0 Å². The lowest BCUT2D eigenvalue weighted by Crippen LogP contribution is -2.31. The molecule has 3 rings (SSSR count). The fourth-order valence-corrected chi connectivity index (χ4v) is 2.80. The predicted octanol–water partition coefficient (Wildman–Crippen LogP) is 3.84. The first-order valence-corrected chi connectivity index (χ1v) is 7.81. The van der Waals surface area contributed by atoms with Crippen molar-refractivity contribution in [2.45, 2.75) is 19.9 Å². The largest absolute Gasteiger partial charge is 0.347 e. The first-order valence-electron chi connectivity index (χ1n) is 7.05. The zero-order chi connectivity index (χ0) is 16.6. The Hall–Kier alpha value is -2.11. The maximum Gasteiger partial charge on any atom is 0.287 e.